The van der Waals surface area contributed by atoms with E-state index in [1.165, 1.54) is 6.21 Å². The maximum absolute atomic E-state index is 12.3. The number of ether oxygens (including phenoxy) is 2. The van der Waals surface area contributed by atoms with Crippen LogP contribution in [0.1, 0.15) is 40.3 Å². The number of nitrogens with one attached hydrogen (secondary N) is 1. The van der Waals surface area contributed by atoms with Gasteiger partial charge in [-0.05, 0) is 67.3 Å². The average molecular weight is 476 g/mol. The number of carbonyl (C=O) groups excluding carboxylic acids is 1. The standard InChI is InChI=1S/C27H26ClN3O3/c1-4-33-25-13-22(16-30-31-26(32)14-23-9-8-18(2)10-19(23)3)12-24(28)27(25)34-17-21-7-5-6-20(11-21)15-29/h5-13,16H,4,14,17H2,1-3H3,(H,31,32)/b30-16+. The molecule has 0 atom stereocenters. The summed E-state index contributed by atoms with van der Waals surface area (Å²) in [6, 6.07) is 18.7. The Bertz CT molecular complexity index is 1250. The van der Waals surface area contributed by atoms with Gasteiger partial charge >= 0.3 is 0 Å². The van der Waals surface area contributed by atoms with Crippen LogP contribution in [-0.2, 0) is 17.8 Å². The molecule has 0 spiro atoms. The number of hydrogen-bond donors (Lipinski definition) is 1. The highest BCUT2D eigenvalue weighted by molar-refractivity contribution is 6.32. The lowest BCUT2D eigenvalue weighted by Gasteiger charge is -2.14. The van der Waals surface area contributed by atoms with Crippen LogP contribution in [0.15, 0.2) is 59.7 Å². The lowest BCUT2D eigenvalue weighted by molar-refractivity contribution is -0.120. The summed E-state index contributed by atoms with van der Waals surface area (Å²) in [7, 11) is 0. The first-order valence-electron chi connectivity index (χ1n) is 10.9. The van der Waals surface area contributed by atoms with E-state index >= 15 is 0 Å². The molecule has 0 aliphatic heterocycles. The van der Waals surface area contributed by atoms with Crippen LogP contribution in [0.2, 0.25) is 5.02 Å². The average Bonchev–Trinajstić information content (AvgIpc) is 2.81. The number of nitriles is 1. The number of carbonyl (C=O) groups is 1. The van der Waals surface area contributed by atoms with Crippen LogP contribution in [0.5, 0.6) is 11.5 Å². The molecular formula is C27H26ClN3O3. The van der Waals surface area contributed by atoms with Gasteiger partial charge in [-0.3, -0.25) is 4.79 Å². The van der Waals surface area contributed by atoms with Crippen molar-refractivity contribution in [2.45, 2.75) is 33.8 Å². The summed E-state index contributed by atoms with van der Waals surface area (Å²) >= 11 is 6.47. The first-order chi connectivity index (χ1) is 16.4. The molecule has 34 heavy (non-hydrogen) atoms. The number of halogens is 1. The Morgan fingerprint density at radius 2 is 1.97 bits per heavy atom. The summed E-state index contributed by atoms with van der Waals surface area (Å²) in [6.07, 6.45) is 1.75. The molecule has 0 saturated heterocycles. The third kappa shape index (κ3) is 6.84. The molecule has 3 aromatic rings. The number of amides is 1. The summed E-state index contributed by atoms with van der Waals surface area (Å²) in [5.41, 5.74) is 7.80. The molecule has 174 valence electrons. The van der Waals surface area contributed by atoms with Crippen molar-refractivity contribution in [3.05, 3.63) is 93.0 Å². The number of hydrazone groups is 1. The molecule has 0 aliphatic carbocycles. The van der Waals surface area contributed by atoms with Gasteiger partial charge in [0.1, 0.15) is 6.61 Å². The molecular weight excluding hydrogens is 450 g/mol. The van der Waals surface area contributed by atoms with Crippen LogP contribution in [-0.4, -0.2) is 18.7 Å². The summed E-state index contributed by atoms with van der Waals surface area (Å²) in [5.74, 6) is 0.662. The van der Waals surface area contributed by atoms with Crippen molar-refractivity contribution in [3.8, 4) is 17.6 Å². The number of rotatable bonds is 9. The van der Waals surface area contributed by atoms with Gasteiger partial charge in [0.05, 0.1) is 35.9 Å². The van der Waals surface area contributed by atoms with Crippen molar-refractivity contribution in [2.75, 3.05) is 6.61 Å². The molecule has 0 aliphatic rings. The van der Waals surface area contributed by atoms with Gasteiger partial charge in [0.2, 0.25) is 5.91 Å². The highest BCUT2D eigenvalue weighted by atomic mass is 35.5. The molecule has 0 bridgehead atoms. The number of hydrogen-bond acceptors (Lipinski definition) is 5. The van der Waals surface area contributed by atoms with Crippen LogP contribution < -0.4 is 14.9 Å². The third-order valence-electron chi connectivity index (χ3n) is 5.02. The first kappa shape index (κ1) is 24.8. The van der Waals surface area contributed by atoms with Gasteiger partial charge in [-0.2, -0.15) is 10.4 Å². The lowest BCUT2D eigenvalue weighted by Crippen LogP contribution is -2.20. The zero-order valence-corrected chi connectivity index (χ0v) is 20.1. The van der Waals surface area contributed by atoms with Crippen molar-refractivity contribution in [1.29, 1.82) is 5.26 Å². The van der Waals surface area contributed by atoms with E-state index in [2.05, 4.69) is 16.6 Å². The van der Waals surface area contributed by atoms with Crippen molar-refractivity contribution in [1.82, 2.24) is 5.43 Å². The predicted molar refractivity (Wildman–Crippen MR) is 133 cm³/mol. The van der Waals surface area contributed by atoms with E-state index < -0.39 is 0 Å². The largest absolute Gasteiger partial charge is 0.490 e. The minimum atomic E-state index is -0.209. The minimum Gasteiger partial charge on any atom is -0.490 e. The number of aryl methyl sites for hydroxylation is 2. The predicted octanol–water partition coefficient (Wildman–Crippen LogP) is 5.50. The zero-order valence-electron chi connectivity index (χ0n) is 19.4. The zero-order chi connectivity index (χ0) is 24.5. The highest BCUT2D eigenvalue weighted by Crippen LogP contribution is 2.37. The lowest BCUT2D eigenvalue weighted by atomic mass is 10.0. The van der Waals surface area contributed by atoms with Gasteiger partial charge in [0.25, 0.3) is 0 Å². The van der Waals surface area contributed by atoms with Gasteiger partial charge in [-0.15, -0.1) is 0 Å². The Morgan fingerprint density at radius 3 is 2.71 bits per heavy atom. The molecule has 0 radical (unpaired) electrons. The molecule has 0 unspecified atom stereocenters. The molecule has 0 saturated carbocycles. The fourth-order valence-corrected chi connectivity index (χ4v) is 3.66. The van der Waals surface area contributed by atoms with E-state index in [0.717, 1.165) is 22.3 Å². The van der Waals surface area contributed by atoms with Crippen LogP contribution in [0.4, 0.5) is 0 Å². The summed E-state index contributed by atoms with van der Waals surface area (Å²) in [5, 5.41) is 13.5. The van der Waals surface area contributed by atoms with Crippen molar-refractivity contribution >= 4 is 23.7 Å². The fourth-order valence-electron chi connectivity index (χ4n) is 3.39. The van der Waals surface area contributed by atoms with Crippen LogP contribution in [0.3, 0.4) is 0 Å². The van der Waals surface area contributed by atoms with Crippen LogP contribution >= 0.6 is 11.6 Å². The SMILES string of the molecule is CCOc1cc(/C=N/NC(=O)Cc2ccc(C)cc2C)cc(Cl)c1OCc1cccc(C#N)c1. The minimum absolute atomic E-state index is 0.209. The van der Waals surface area contributed by atoms with Crippen LogP contribution in [0.25, 0.3) is 0 Å². The molecule has 3 rings (SSSR count). The Morgan fingerprint density at radius 1 is 1.15 bits per heavy atom. The normalized spacial score (nSPS) is 10.7. The van der Waals surface area contributed by atoms with Gasteiger partial charge < -0.3 is 9.47 Å². The first-order valence-corrected chi connectivity index (χ1v) is 11.2. The molecule has 1 N–H and O–H groups in total. The Balaban J connectivity index is 1.68. The topological polar surface area (TPSA) is 83.7 Å². The molecule has 3 aromatic carbocycles. The third-order valence-corrected chi connectivity index (χ3v) is 5.30. The van der Waals surface area contributed by atoms with E-state index in [1.54, 1.807) is 30.3 Å². The molecule has 0 fully saturated rings. The second kappa shape index (κ2) is 11.9. The van der Waals surface area contributed by atoms with E-state index in [-0.39, 0.29) is 18.9 Å². The number of nitrogens with zero attached hydrogens (tertiary/aromatic N) is 2. The number of benzene rings is 3. The Hall–Kier alpha value is -3.82. The monoisotopic (exact) mass is 475 g/mol. The Labute approximate surface area is 204 Å². The van der Waals surface area contributed by atoms with E-state index in [0.29, 0.717) is 34.3 Å². The second-order valence-corrected chi connectivity index (χ2v) is 8.17. The summed E-state index contributed by atoms with van der Waals surface area (Å²) < 4.78 is 11.6. The van der Waals surface area contributed by atoms with Crippen molar-refractivity contribution in [2.24, 2.45) is 5.10 Å². The van der Waals surface area contributed by atoms with E-state index in [9.17, 15) is 4.79 Å². The smallest absolute Gasteiger partial charge is 0.244 e. The Kier molecular flexibility index (Phi) is 8.66. The van der Waals surface area contributed by atoms with E-state index in [1.807, 2.05) is 45.0 Å². The second-order valence-electron chi connectivity index (χ2n) is 7.76. The molecule has 1 amide bonds. The molecule has 0 heterocycles. The van der Waals surface area contributed by atoms with Crippen LogP contribution in [0, 0.1) is 25.2 Å². The maximum Gasteiger partial charge on any atom is 0.244 e. The molecule has 6 nitrogen and oxygen atoms in total. The van der Waals surface area contributed by atoms with Gasteiger partial charge in [0.15, 0.2) is 11.5 Å². The molecule has 7 heteroatoms. The van der Waals surface area contributed by atoms with Gasteiger partial charge in [-0.1, -0.05) is 47.5 Å². The van der Waals surface area contributed by atoms with Crippen molar-refractivity contribution in [3.63, 3.8) is 0 Å². The van der Waals surface area contributed by atoms with E-state index in [4.69, 9.17) is 26.3 Å². The molecule has 0 aromatic heterocycles. The quantitative estimate of drug-likeness (QED) is 0.327. The highest BCUT2D eigenvalue weighted by Gasteiger charge is 2.13. The van der Waals surface area contributed by atoms with Gasteiger partial charge in [0, 0.05) is 0 Å². The van der Waals surface area contributed by atoms with Gasteiger partial charge in [-0.25, -0.2) is 5.43 Å². The summed E-state index contributed by atoms with van der Waals surface area (Å²) in [6.45, 7) is 6.52. The maximum atomic E-state index is 12.3. The van der Waals surface area contributed by atoms with Crippen molar-refractivity contribution < 1.29 is 14.3 Å². The fraction of sp³-hybridized carbons (Fsp3) is 0.222. The summed E-state index contributed by atoms with van der Waals surface area (Å²) in [4.78, 5) is 12.3.